The maximum Gasteiger partial charge on any atom is 0.149 e. The highest BCUT2D eigenvalue weighted by Crippen LogP contribution is 2.46. The summed E-state index contributed by atoms with van der Waals surface area (Å²) in [5.41, 5.74) is 0. The van der Waals surface area contributed by atoms with Gasteiger partial charge in [-0.3, -0.25) is 4.79 Å². The van der Waals surface area contributed by atoms with Crippen molar-refractivity contribution in [2.24, 2.45) is 11.8 Å². The first-order valence-corrected chi connectivity index (χ1v) is 4.76. The fourth-order valence-electron chi connectivity index (χ4n) is 1.43. The summed E-state index contributed by atoms with van der Waals surface area (Å²) in [6, 6.07) is 0. The molecular weight excluding hydrogens is 251 g/mol. The lowest BCUT2D eigenvalue weighted by atomic mass is 9.67. The molecule has 0 spiro atoms. The van der Waals surface area contributed by atoms with Crippen molar-refractivity contribution in [2.45, 2.75) is 23.7 Å². The Bertz CT molecular complexity index is 224. The summed E-state index contributed by atoms with van der Waals surface area (Å²) in [4.78, 5) is 11.1. The van der Waals surface area contributed by atoms with E-state index in [-0.39, 0.29) is 9.34 Å². The zero-order valence-electron chi connectivity index (χ0n) is 6.73. The molecule has 0 bridgehead atoms. The van der Waals surface area contributed by atoms with E-state index in [0.29, 0.717) is 18.1 Å². The van der Waals surface area contributed by atoms with Crippen molar-refractivity contribution in [1.82, 2.24) is 0 Å². The van der Waals surface area contributed by atoms with E-state index >= 15 is 0 Å². The van der Waals surface area contributed by atoms with Gasteiger partial charge in [-0.25, -0.2) is 0 Å². The first-order valence-electron chi connectivity index (χ1n) is 3.68. The third-order valence-corrected chi connectivity index (χ3v) is 3.91. The smallest absolute Gasteiger partial charge is 0.149 e. The van der Waals surface area contributed by atoms with Crippen molar-refractivity contribution < 1.29 is 4.79 Å². The molecule has 0 amide bonds. The Kier molecular flexibility index (Phi) is 2.29. The van der Waals surface area contributed by atoms with E-state index in [1.807, 2.05) is 13.8 Å². The molecule has 0 aromatic rings. The molecule has 2 heteroatoms. The number of terminal acetylenes is 1. The lowest BCUT2D eigenvalue weighted by Crippen LogP contribution is -2.51. The lowest BCUT2D eigenvalue weighted by molar-refractivity contribution is -0.130. The number of carbonyl (C=O) groups is 1. The van der Waals surface area contributed by atoms with E-state index < -0.39 is 0 Å². The topological polar surface area (TPSA) is 17.1 Å². The second kappa shape index (κ2) is 2.78. The van der Waals surface area contributed by atoms with Crippen molar-refractivity contribution in [3.8, 4) is 12.3 Å². The molecule has 1 unspecified atom stereocenters. The summed E-state index contributed by atoms with van der Waals surface area (Å²) < 4.78 is -0.191. The third kappa shape index (κ3) is 1.31. The highest BCUT2D eigenvalue weighted by molar-refractivity contribution is 14.1. The van der Waals surface area contributed by atoms with Crippen LogP contribution in [0, 0.1) is 24.2 Å². The highest BCUT2D eigenvalue weighted by Gasteiger charge is 2.50. The zero-order valence-corrected chi connectivity index (χ0v) is 8.88. The molecule has 1 fully saturated rings. The average Bonchev–Trinajstić information content (AvgIpc) is 1.98. The van der Waals surface area contributed by atoms with Crippen LogP contribution in [0.5, 0.6) is 0 Å². The summed E-state index contributed by atoms with van der Waals surface area (Å²) in [5.74, 6) is 3.64. The Labute approximate surface area is 81.1 Å². The predicted molar refractivity (Wildman–Crippen MR) is 53.5 cm³/mol. The number of hydrogen-bond donors (Lipinski definition) is 0. The van der Waals surface area contributed by atoms with Crippen LogP contribution in [-0.4, -0.2) is 9.20 Å². The number of Topliss-reactive ketones (excluding diaryl/α,β-unsaturated/α-hetero) is 1. The fourth-order valence-corrected chi connectivity index (χ4v) is 2.41. The van der Waals surface area contributed by atoms with Crippen LogP contribution in [0.4, 0.5) is 0 Å². The Morgan fingerprint density at radius 1 is 1.91 bits per heavy atom. The molecule has 0 aromatic carbocycles. The minimum absolute atomic E-state index is 0.191. The fraction of sp³-hybridized carbons (Fsp3) is 0.667. The third-order valence-electron chi connectivity index (χ3n) is 2.51. The molecule has 0 heterocycles. The van der Waals surface area contributed by atoms with Gasteiger partial charge in [0.1, 0.15) is 5.78 Å². The SMILES string of the molecule is C#C[C@H](C)[C@@H]1CC(=O)C1(C)I. The quantitative estimate of drug-likeness (QED) is 0.401. The van der Waals surface area contributed by atoms with Gasteiger partial charge in [-0.1, -0.05) is 29.5 Å². The standard InChI is InChI=1S/C9H11IO/c1-4-6(2)7-5-8(11)9(7,3)10/h1,6-7H,5H2,2-3H3/t6-,7-,9?/m0/s1. The number of carbonyl (C=O) groups excluding carboxylic acids is 1. The second-order valence-electron chi connectivity index (χ2n) is 3.26. The molecule has 1 saturated carbocycles. The normalized spacial score (nSPS) is 39.1. The molecular formula is C9H11IO. The summed E-state index contributed by atoms with van der Waals surface area (Å²) in [6.45, 7) is 3.98. The first kappa shape index (κ1) is 9.05. The van der Waals surface area contributed by atoms with Gasteiger partial charge in [0, 0.05) is 18.3 Å². The summed E-state index contributed by atoms with van der Waals surface area (Å²) in [5, 5.41) is 0. The summed E-state index contributed by atoms with van der Waals surface area (Å²) >= 11 is 2.21. The van der Waals surface area contributed by atoms with Gasteiger partial charge in [-0.15, -0.1) is 12.3 Å². The van der Waals surface area contributed by atoms with Crippen LogP contribution in [0.3, 0.4) is 0 Å². The number of halogens is 1. The molecule has 0 N–H and O–H groups in total. The van der Waals surface area contributed by atoms with Gasteiger partial charge in [0.05, 0.1) is 3.42 Å². The predicted octanol–water partition coefficient (Wildman–Crippen LogP) is 2.04. The first-order chi connectivity index (χ1) is 5.00. The van der Waals surface area contributed by atoms with E-state index in [9.17, 15) is 4.79 Å². The maximum absolute atomic E-state index is 11.1. The van der Waals surface area contributed by atoms with Crippen molar-refractivity contribution in [2.75, 3.05) is 0 Å². The van der Waals surface area contributed by atoms with E-state index in [0.717, 1.165) is 0 Å². The van der Waals surface area contributed by atoms with Crippen LogP contribution in [0.15, 0.2) is 0 Å². The molecule has 1 rings (SSSR count). The zero-order chi connectivity index (χ0) is 8.65. The molecule has 3 atom stereocenters. The van der Waals surface area contributed by atoms with Gasteiger partial charge in [0.25, 0.3) is 0 Å². The van der Waals surface area contributed by atoms with Gasteiger partial charge in [-0.05, 0) is 6.92 Å². The van der Waals surface area contributed by atoms with Crippen molar-refractivity contribution in [1.29, 1.82) is 0 Å². The number of ketones is 1. The van der Waals surface area contributed by atoms with Crippen molar-refractivity contribution in [3.05, 3.63) is 0 Å². The Morgan fingerprint density at radius 2 is 2.45 bits per heavy atom. The van der Waals surface area contributed by atoms with Gasteiger partial charge >= 0.3 is 0 Å². The van der Waals surface area contributed by atoms with Crippen LogP contribution in [0.2, 0.25) is 0 Å². The van der Waals surface area contributed by atoms with E-state index in [2.05, 4.69) is 28.5 Å². The van der Waals surface area contributed by atoms with Gasteiger partial charge in [0.15, 0.2) is 0 Å². The lowest BCUT2D eigenvalue weighted by Gasteiger charge is -2.42. The molecule has 1 aliphatic rings. The second-order valence-corrected chi connectivity index (χ2v) is 5.51. The molecule has 0 saturated heterocycles. The number of hydrogen-bond acceptors (Lipinski definition) is 1. The van der Waals surface area contributed by atoms with E-state index in [1.54, 1.807) is 0 Å². The van der Waals surface area contributed by atoms with Crippen LogP contribution in [0.1, 0.15) is 20.3 Å². The van der Waals surface area contributed by atoms with E-state index in [4.69, 9.17) is 6.42 Å². The van der Waals surface area contributed by atoms with E-state index in [1.165, 1.54) is 0 Å². The van der Waals surface area contributed by atoms with Gasteiger partial charge < -0.3 is 0 Å². The van der Waals surface area contributed by atoms with Crippen LogP contribution in [0.25, 0.3) is 0 Å². The minimum Gasteiger partial charge on any atom is -0.298 e. The molecule has 60 valence electrons. The Balaban J connectivity index is 2.68. The van der Waals surface area contributed by atoms with Gasteiger partial charge in [0.2, 0.25) is 0 Å². The number of alkyl halides is 1. The molecule has 1 aliphatic carbocycles. The Morgan fingerprint density at radius 3 is 2.73 bits per heavy atom. The molecule has 11 heavy (non-hydrogen) atoms. The molecule has 0 aliphatic heterocycles. The molecule has 1 nitrogen and oxygen atoms in total. The van der Waals surface area contributed by atoms with Crippen molar-refractivity contribution in [3.63, 3.8) is 0 Å². The Hall–Kier alpha value is -0.0400. The molecule has 0 radical (unpaired) electrons. The number of rotatable bonds is 1. The monoisotopic (exact) mass is 262 g/mol. The van der Waals surface area contributed by atoms with Gasteiger partial charge in [-0.2, -0.15) is 0 Å². The molecule has 0 aromatic heterocycles. The van der Waals surface area contributed by atoms with Crippen molar-refractivity contribution >= 4 is 28.4 Å². The summed E-state index contributed by atoms with van der Waals surface area (Å²) in [6.07, 6.45) is 5.96. The van der Waals surface area contributed by atoms with Crippen LogP contribution in [-0.2, 0) is 4.79 Å². The summed E-state index contributed by atoms with van der Waals surface area (Å²) in [7, 11) is 0. The highest BCUT2D eigenvalue weighted by atomic mass is 127. The minimum atomic E-state index is -0.191. The van der Waals surface area contributed by atoms with Crippen LogP contribution >= 0.6 is 22.6 Å². The largest absolute Gasteiger partial charge is 0.298 e. The van der Waals surface area contributed by atoms with Crippen LogP contribution < -0.4 is 0 Å². The maximum atomic E-state index is 11.1. The average molecular weight is 262 g/mol.